The van der Waals surface area contributed by atoms with Gasteiger partial charge in [0, 0.05) is 5.56 Å². The average molecular weight is 370 g/mol. The molecule has 4 fully saturated rings. The number of aromatic nitrogens is 2. The van der Waals surface area contributed by atoms with Crippen LogP contribution in [0, 0.1) is 29.0 Å². The lowest BCUT2D eigenvalue weighted by molar-refractivity contribution is -0.177. The van der Waals surface area contributed by atoms with Gasteiger partial charge < -0.3 is 9.15 Å². The van der Waals surface area contributed by atoms with Crippen molar-refractivity contribution in [2.45, 2.75) is 51.6 Å². The van der Waals surface area contributed by atoms with Gasteiger partial charge >= 0.3 is 5.97 Å². The van der Waals surface area contributed by atoms with Gasteiger partial charge in [0.05, 0.1) is 5.41 Å². The second-order valence-electron chi connectivity index (χ2n) is 8.70. The van der Waals surface area contributed by atoms with E-state index in [1.54, 1.807) is 19.1 Å². The Morgan fingerprint density at radius 3 is 2.30 bits per heavy atom. The van der Waals surface area contributed by atoms with Gasteiger partial charge in [-0.3, -0.25) is 4.79 Å². The molecule has 5 nitrogen and oxygen atoms in total. The lowest BCUT2D eigenvalue weighted by Gasteiger charge is -2.55. The number of halogens is 1. The highest BCUT2D eigenvalue weighted by Gasteiger charge is 2.55. The monoisotopic (exact) mass is 370 g/mol. The minimum atomic E-state index is -0.591. The minimum Gasteiger partial charge on any atom is -0.452 e. The number of nitrogens with zero attached hydrogens (tertiary/aromatic N) is 2. The van der Waals surface area contributed by atoms with Crippen LogP contribution < -0.4 is 0 Å². The molecule has 142 valence electrons. The molecule has 27 heavy (non-hydrogen) atoms. The molecule has 2 aromatic rings. The summed E-state index contributed by atoms with van der Waals surface area (Å²) in [6.45, 7) is 1.76. The number of benzene rings is 1. The number of carbonyl (C=O) groups excluding carboxylic acids is 1. The van der Waals surface area contributed by atoms with E-state index in [1.807, 2.05) is 0 Å². The summed E-state index contributed by atoms with van der Waals surface area (Å²) in [5.41, 5.74) is 0.331. The van der Waals surface area contributed by atoms with E-state index >= 15 is 0 Å². The van der Waals surface area contributed by atoms with Crippen molar-refractivity contribution < 1.29 is 18.3 Å². The summed E-state index contributed by atoms with van der Waals surface area (Å²) in [5.74, 6) is 2.20. The van der Waals surface area contributed by atoms with Crippen molar-refractivity contribution in [3.8, 4) is 11.5 Å². The molecule has 4 saturated carbocycles. The number of carbonyl (C=O) groups is 1. The first-order chi connectivity index (χ1) is 13.0. The summed E-state index contributed by atoms with van der Waals surface area (Å²) in [6.07, 6.45) is 6.17. The smallest absolute Gasteiger partial charge is 0.312 e. The van der Waals surface area contributed by atoms with E-state index in [9.17, 15) is 9.18 Å². The van der Waals surface area contributed by atoms with Crippen LogP contribution in [-0.4, -0.2) is 16.2 Å². The van der Waals surface area contributed by atoms with Gasteiger partial charge in [0.15, 0.2) is 6.10 Å². The van der Waals surface area contributed by atoms with Crippen molar-refractivity contribution in [2.24, 2.45) is 23.2 Å². The summed E-state index contributed by atoms with van der Waals surface area (Å²) in [5, 5.41) is 8.03. The number of rotatable bonds is 4. The molecule has 0 aliphatic heterocycles. The quantitative estimate of drug-likeness (QED) is 0.730. The van der Waals surface area contributed by atoms with Crippen LogP contribution in [0.5, 0.6) is 0 Å². The number of esters is 1. The zero-order valence-electron chi connectivity index (χ0n) is 15.4. The lowest BCUT2D eigenvalue weighted by Crippen LogP contribution is -2.50. The van der Waals surface area contributed by atoms with Crippen LogP contribution in [0.2, 0.25) is 0 Å². The topological polar surface area (TPSA) is 65.2 Å². The maximum Gasteiger partial charge on any atom is 0.312 e. The first-order valence-corrected chi connectivity index (χ1v) is 9.81. The Hall–Kier alpha value is -2.24. The van der Waals surface area contributed by atoms with Crippen LogP contribution in [-0.2, 0) is 9.53 Å². The molecular weight excluding hydrogens is 347 g/mol. The minimum absolute atomic E-state index is 0.101. The molecule has 4 aliphatic carbocycles. The van der Waals surface area contributed by atoms with Crippen molar-refractivity contribution in [3.05, 3.63) is 36.0 Å². The standard InChI is InChI=1S/C21H23FN2O3/c1-12(18-23-24-19(27-18)16-2-4-17(22)5-3-16)26-20(25)21-9-13-6-14(10-21)8-15(7-13)11-21/h2-5,12-15H,6-11H2,1H3/t12-,13?,14?,15?,21?/m0/s1. The SMILES string of the molecule is C[C@H](OC(=O)C12CC3CC(CC(C3)C1)C2)c1nnc(-c2ccc(F)cc2)o1. The molecule has 0 unspecified atom stereocenters. The Bertz CT molecular complexity index is 825. The highest BCUT2D eigenvalue weighted by Crippen LogP contribution is 2.60. The number of ether oxygens (including phenoxy) is 1. The van der Waals surface area contributed by atoms with E-state index in [2.05, 4.69) is 10.2 Å². The highest BCUT2D eigenvalue weighted by molar-refractivity contribution is 5.77. The van der Waals surface area contributed by atoms with Crippen LogP contribution in [0.3, 0.4) is 0 Å². The van der Waals surface area contributed by atoms with Gasteiger partial charge in [-0.05, 0) is 87.5 Å². The average Bonchev–Trinajstić information content (AvgIpc) is 3.11. The third kappa shape index (κ3) is 2.95. The van der Waals surface area contributed by atoms with Gasteiger partial charge in [-0.15, -0.1) is 10.2 Å². The Morgan fingerprint density at radius 1 is 1.11 bits per heavy atom. The fourth-order valence-electron chi connectivity index (χ4n) is 5.80. The molecule has 0 radical (unpaired) electrons. The van der Waals surface area contributed by atoms with Crippen molar-refractivity contribution in [1.29, 1.82) is 0 Å². The molecule has 0 N–H and O–H groups in total. The van der Waals surface area contributed by atoms with E-state index in [0.29, 0.717) is 29.2 Å². The van der Waals surface area contributed by atoms with Crippen LogP contribution >= 0.6 is 0 Å². The van der Waals surface area contributed by atoms with Gasteiger partial charge in [0.25, 0.3) is 5.89 Å². The maximum absolute atomic E-state index is 13.1. The normalized spacial score (nSPS) is 32.4. The van der Waals surface area contributed by atoms with E-state index in [4.69, 9.17) is 9.15 Å². The molecule has 4 aliphatic rings. The van der Waals surface area contributed by atoms with Crippen molar-refractivity contribution >= 4 is 5.97 Å². The second-order valence-corrected chi connectivity index (χ2v) is 8.70. The van der Waals surface area contributed by atoms with E-state index < -0.39 is 6.10 Å². The third-order valence-corrected chi connectivity index (χ3v) is 6.63. The van der Waals surface area contributed by atoms with Crippen LogP contribution in [0.1, 0.15) is 57.4 Å². The Morgan fingerprint density at radius 2 is 1.70 bits per heavy atom. The molecule has 1 aromatic carbocycles. The fraction of sp³-hybridized carbons (Fsp3) is 0.571. The zero-order valence-corrected chi connectivity index (χ0v) is 15.4. The fourth-order valence-corrected chi connectivity index (χ4v) is 5.80. The molecule has 6 rings (SSSR count). The molecule has 1 aromatic heterocycles. The summed E-state index contributed by atoms with van der Waals surface area (Å²) in [6, 6.07) is 5.85. The van der Waals surface area contributed by atoms with Gasteiger partial charge in [0.2, 0.25) is 5.89 Å². The Kier molecular flexibility index (Phi) is 3.85. The van der Waals surface area contributed by atoms with Crippen LogP contribution in [0.4, 0.5) is 4.39 Å². The summed E-state index contributed by atoms with van der Waals surface area (Å²) < 4.78 is 24.5. The molecule has 0 saturated heterocycles. The first kappa shape index (κ1) is 16.9. The largest absolute Gasteiger partial charge is 0.452 e. The van der Waals surface area contributed by atoms with Gasteiger partial charge in [-0.1, -0.05) is 0 Å². The van der Waals surface area contributed by atoms with E-state index in [1.165, 1.54) is 31.4 Å². The predicted octanol–water partition coefficient (Wildman–Crippen LogP) is 4.70. The summed E-state index contributed by atoms with van der Waals surface area (Å²) in [7, 11) is 0. The highest BCUT2D eigenvalue weighted by atomic mass is 19.1. The van der Waals surface area contributed by atoms with Crippen molar-refractivity contribution in [2.75, 3.05) is 0 Å². The summed E-state index contributed by atoms with van der Waals surface area (Å²) in [4.78, 5) is 13.0. The first-order valence-electron chi connectivity index (χ1n) is 9.81. The molecule has 0 amide bonds. The number of hydrogen-bond donors (Lipinski definition) is 0. The van der Waals surface area contributed by atoms with Crippen molar-refractivity contribution in [3.63, 3.8) is 0 Å². The molecular formula is C21H23FN2O3. The van der Waals surface area contributed by atoms with E-state index in [-0.39, 0.29) is 23.1 Å². The Balaban J connectivity index is 1.30. The van der Waals surface area contributed by atoms with Gasteiger partial charge in [0.1, 0.15) is 5.82 Å². The molecule has 0 spiro atoms. The van der Waals surface area contributed by atoms with Crippen LogP contribution in [0.15, 0.2) is 28.7 Å². The molecule has 6 heteroatoms. The molecule has 4 bridgehead atoms. The summed E-state index contributed by atoms with van der Waals surface area (Å²) >= 11 is 0. The molecule has 1 heterocycles. The third-order valence-electron chi connectivity index (χ3n) is 6.63. The van der Waals surface area contributed by atoms with Gasteiger partial charge in [-0.25, -0.2) is 4.39 Å². The van der Waals surface area contributed by atoms with Crippen LogP contribution in [0.25, 0.3) is 11.5 Å². The second kappa shape index (κ2) is 6.14. The van der Waals surface area contributed by atoms with Gasteiger partial charge in [-0.2, -0.15) is 0 Å². The lowest BCUT2D eigenvalue weighted by atomic mass is 9.49. The zero-order chi connectivity index (χ0) is 18.6. The number of hydrogen-bond acceptors (Lipinski definition) is 5. The van der Waals surface area contributed by atoms with E-state index in [0.717, 1.165) is 19.3 Å². The Labute approximate surface area is 157 Å². The maximum atomic E-state index is 13.1. The van der Waals surface area contributed by atoms with Crippen molar-refractivity contribution in [1.82, 2.24) is 10.2 Å². The molecule has 1 atom stereocenters. The predicted molar refractivity (Wildman–Crippen MR) is 94.8 cm³/mol.